The van der Waals surface area contributed by atoms with Crippen LogP contribution in [0.1, 0.15) is 38.3 Å². The van der Waals surface area contributed by atoms with Crippen LogP contribution in [0.15, 0.2) is 60.7 Å². The van der Waals surface area contributed by atoms with E-state index in [4.69, 9.17) is 19.7 Å². The summed E-state index contributed by atoms with van der Waals surface area (Å²) < 4.78 is 10.5. The number of hydrogen-bond donors (Lipinski definition) is 2. The summed E-state index contributed by atoms with van der Waals surface area (Å²) in [7, 11) is 0. The quantitative estimate of drug-likeness (QED) is 0.188. The summed E-state index contributed by atoms with van der Waals surface area (Å²) in [5.74, 6) is -1.94. The van der Waals surface area contributed by atoms with Gasteiger partial charge in [-0.3, -0.25) is 20.3 Å². The van der Waals surface area contributed by atoms with E-state index in [-0.39, 0.29) is 18.9 Å². The summed E-state index contributed by atoms with van der Waals surface area (Å²) in [6.45, 7) is 4.81. The zero-order chi connectivity index (χ0) is 24.9. The molecule has 0 bridgehead atoms. The van der Waals surface area contributed by atoms with Crippen molar-refractivity contribution in [2.75, 3.05) is 6.54 Å². The molecule has 0 aliphatic heterocycles. The number of ether oxygens (including phenoxy) is 2. The molecule has 0 spiro atoms. The second kappa shape index (κ2) is 13.6. The minimum absolute atomic E-state index is 0.133. The Balaban J connectivity index is 1.88. The van der Waals surface area contributed by atoms with Crippen molar-refractivity contribution in [3.8, 4) is 0 Å². The molecule has 1 atom stereocenters. The number of aryl methyl sites for hydroxylation is 1. The van der Waals surface area contributed by atoms with Gasteiger partial charge in [0.1, 0.15) is 0 Å². The van der Waals surface area contributed by atoms with E-state index in [1.165, 1.54) is 6.92 Å². The van der Waals surface area contributed by atoms with Gasteiger partial charge in [0.25, 0.3) is 6.29 Å². The highest BCUT2D eigenvalue weighted by molar-refractivity contribution is 5.92. The zero-order valence-corrected chi connectivity index (χ0v) is 19.7. The van der Waals surface area contributed by atoms with Gasteiger partial charge in [-0.1, -0.05) is 74.5 Å². The molecule has 0 aliphatic rings. The number of carbonyl (C=O) groups is 3. The van der Waals surface area contributed by atoms with Crippen molar-refractivity contribution in [2.24, 2.45) is 5.92 Å². The minimum Gasteiger partial charge on any atom is -0.425 e. The highest BCUT2D eigenvalue weighted by atomic mass is 16.7. The van der Waals surface area contributed by atoms with Crippen molar-refractivity contribution in [2.45, 2.75) is 46.3 Å². The number of hydroxylamine groups is 2. The number of hydrogen-bond acceptors (Lipinski definition) is 7. The Morgan fingerprint density at radius 1 is 0.912 bits per heavy atom. The molecule has 9 nitrogen and oxygen atoms in total. The van der Waals surface area contributed by atoms with Crippen LogP contribution >= 0.6 is 0 Å². The van der Waals surface area contributed by atoms with Gasteiger partial charge in [0.2, 0.25) is 5.96 Å². The number of amides is 1. The van der Waals surface area contributed by atoms with Gasteiger partial charge >= 0.3 is 18.0 Å². The third-order valence-corrected chi connectivity index (χ3v) is 4.63. The van der Waals surface area contributed by atoms with Gasteiger partial charge < -0.3 is 14.3 Å². The van der Waals surface area contributed by atoms with Gasteiger partial charge in [-0.15, -0.1) is 0 Å². The Labute approximate surface area is 199 Å². The summed E-state index contributed by atoms with van der Waals surface area (Å²) in [6, 6.07) is 18.9. The normalized spacial score (nSPS) is 11.3. The molecule has 0 heterocycles. The van der Waals surface area contributed by atoms with Crippen LogP contribution in [0.4, 0.5) is 4.79 Å². The Morgan fingerprint density at radius 3 is 2.00 bits per heavy atom. The molecule has 2 N–H and O–H groups in total. The van der Waals surface area contributed by atoms with Crippen molar-refractivity contribution in [1.82, 2.24) is 10.4 Å². The maximum absolute atomic E-state index is 12.4. The molecule has 0 fully saturated rings. The number of nitrogens with one attached hydrogen (secondary N) is 2. The highest BCUT2D eigenvalue weighted by Crippen LogP contribution is 2.12. The van der Waals surface area contributed by atoms with E-state index in [1.807, 2.05) is 60.7 Å². The van der Waals surface area contributed by atoms with Crippen LogP contribution in [-0.4, -0.2) is 41.9 Å². The average molecular weight is 470 g/mol. The number of benzene rings is 2. The molecule has 0 saturated heterocycles. The average Bonchev–Trinajstić information content (AvgIpc) is 2.81. The number of alkyl carbamates (subject to hydrolysis) is 1. The van der Waals surface area contributed by atoms with Crippen LogP contribution in [0.25, 0.3) is 0 Å². The van der Waals surface area contributed by atoms with Gasteiger partial charge in [0.15, 0.2) is 0 Å². The number of carbonyl (C=O) groups excluding carboxylic acids is 3. The molecule has 0 aromatic heterocycles. The molecule has 2 aromatic rings. The first-order valence-corrected chi connectivity index (χ1v) is 11.0. The van der Waals surface area contributed by atoms with Gasteiger partial charge in [-0.05, 0) is 24.0 Å². The topological polar surface area (TPSA) is 118 Å². The fraction of sp³-hybridized carbons (Fsp3) is 0.360. The molecule has 2 rings (SSSR count). The van der Waals surface area contributed by atoms with Gasteiger partial charge in [-0.2, -0.15) is 5.06 Å². The fourth-order valence-electron chi connectivity index (χ4n) is 2.90. The molecule has 0 aliphatic carbocycles. The molecule has 182 valence electrons. The Hall–Kier alpha value is -3.88. The lowest BCUT2D eigenvalue weighted by atomic mass is 10.1. The Bertz CT molecular complexity index is 950. The van der Waals surface area contributed by atoms with Crippen molar-refractivity contribution in [3.05, 3.63) is 71.8 Å². The van der Waals surface area contributed by atoms with E-state index in [0.29, 0.717) is 12.8 Å². The second-order valence-electron chi connectivity index (χ2n) is 7.89. The minimum atomic E-state index is -1.14. The van der Waals surface area contributed by atoms with Crippen LogP contribution < -0.4 is 5.32 Å². The SMILES string of the molecule is CC(=O)ON(CCc1ccccc1)C(=N)NC(=O)OC(OC(=O)CCc1ccccc1)C(C)C. The Kier molecular flexibility index (Phi) is 10.6. The molecule has 0 saturated carbocycles. The van der Waals surface area contributed by atoms with Crippen LogP contribution in [-0.2, 0) is 36.7 Å². The third kappa shape index (κ3) is 9.72. The molecule has 9 heteroatoms. The lowest BCUT2D eigenvalue weighted by Crippen LogP contribution is -2.46. The number of rotatable bonds is 9. The summed E-state index contributed by atoms with van der Waals surface area (Å²) in [5.41, 5.74) is 1.96. The smallest absolute Gasteiger partial charge is 0.417 e. The lowest BCUT2D eigenvalue weighted by molar-refractivity contribution is -0.176. The van der Waals surface area contributed by atoms with Gasteiger partial charge in [0, 0.05) is 19.3 Å². The Morgan fingerprint density at radius 2 is 1.47 bits per heavy atom. The summed E-state index contributed by atoms with van der Waals surface area (Å²) >= 11 is 0. The molecular weight excluding hydrogens is 438 g/mol. The van der Waals surface area contributed by atoms with Gasteiger partial charge in [-0.25, -0.2) is 4.79 Å². The standard InChI is InChI=1S/C25H31N3O6/c1-18(2)23(32-22(30)15-14-20-10-6-4-7-11-20)33-25(31)27-24(26)28(34-19(3)29)17-16-21-12-8-5-9-13-21/h4-13,18,23H,14-17H2,1-3H3,(H2,26,27,31). The highest BCUT2D eigenvalue weighted by Gasteiger charge is 2.25. The van der Waals surface area contributed by atoms with Crippen LogP contribution in [0.2, 0.25) is 0 Å². The first kappa shape index (κ1) is 26.4. The van der Waals surface area contributed by atoms with E-state index >= 15 is 0 Å². The third-order valence-electron chi connectivity index (χ3n) is 4.63. The summed E-state index contributed by atoms with van der Waals surface area (Å²) in [4.78, 5) is 41.1. The monoisotopic (exact) mass is 469 g/mol. The van der Waals surface area contributed by atoms with E-state index in [1.54, 1.807) is 13.8 Å². The number of esters is 1. The van der Waals surface area contributed by atoms with Crippen molar-refractivity contribution < 1.29 is 28.7 Å². The lowest BCUT2D eigenvalue weighted by Gasteiger charge is -2.25. The van der Waals surface area contributed by atoms with E-state index in [2.05, 4.69) is 5.32 Å². The summed E-state index contributed by atoms with van der Waals surface area (Å²) in [6.07, 6.45) is -1.03. The van der Waals surface area contributed by atoms with Crippen molar-refractivity contribution in [3.63, 3.8) is 0 Å². The first-order chi connectivity index (χ1) is 16.2. The fourth-order valence-corrected chi connectivity index (χ4v) is 2.90. The summed E-state index contributed by atoms with van der Waals surface area (Å²) in [5, 5.41) is 11.3. The molecule has 2 aromatic carbocycles. The molecule has 1 unspecified atom stereocenters. The van der Waals surface area contributed by atoms with Crippen molar-refractivity contribution in [1.29, 1.82) is 5.41 Å². The molecular formula is C25H31N3O6. The number of guanidine groups is 1. The number of nitrogens with zero attached hydrogens (tertiary/aromatic N) is 1. The maximum Gasteiger partial charge on any atom is 0.417 e. The predicted octanol–water partition coefficient (Wildman–Crippen LogP) is 3.83. The van der Waals surface area contributed by atoms with Gasteiger partial charge in [0.05, 0.1) is 6.54 Å². The first-order valence-electron chi connectivity index (χ1n) is 11.0. The van der Waals surface area contributed by atoms with Crippen LogP contribution in [0.5, 0.6) is 0 Å². The predicted molar refractivity (Wildman–Crippen MR) is 125 cm³/mol. The molecule has 1 amide bonds. The zero-order valence-electron chi connectivity index (χ0n) is 19.7. The van der Waals surface area contributed by atoms with E-state index in [0.717, 1.165) is 16.2 Å². The molecule has 0 radical (unpaired) electrons. The van der Waals surface area contributed by atoms with E-state index < -0.39 is 30.3 Å². The van der Waals surface area contributed by atoms with E-state index in [9.17, 15) is 14.4 Å². The van der Waals surface area contributed by atoms with Crippen molar-refractivity contribution >= 4 is 24.0 Å². The largest absolute Gasteiger partial charge is 0.425 e. The van der Waals surface area contributed by atoms with Crippen LogP contribution in [0, 0.1) is 11.3 Å². The van der Waals surface area contributed by atoms with Crippen LogP contribution in [0.3, 0.4) is 0 Å². The molecule has 34 heavy (non-hydrogen) atoms. The second-order valence-corrected chi connectivity index (χ2v) is 7.89. The maximum atomic E-state index is 12.4.